The molecule has 7 nitrogen and oxygen atoms in total. The van der Waals surface area contributed by atoms with E-state index in [1.165, 1.54) is 0 Å². The molecule has 26 heavy (non-hydrogen) atoms. The molecule has 0 aliphatic carbocycles. The van der Waals surface area contributed by atoms with Crippen LogP contribution in [-0.4, -0.2) is 76.2 Å². The quantitative estimate of drug-likeness (QED) is 0.831. The predicted octanol–water partition coefficient (Wildman–Crippen LogP) is 1.45. The van der Waals surface area contributed by atoms with Crippen LogP contribution >= 0.6 is 0 Å². The van der Waals surface area contributed by atoms with Gasteiger partial charge in [-0.15, -0.1) is 0 Å². The van der Waals surface area contributed by atoms with Gasteiger partial charge in [0.05, 0.1) is 0 Å². The molecule has 2 aliphatic heterocycles. The Kier molecular flexibility index (Phi) is 5.26. The van der Waals surface area contributed by atoms with Gasteiger partial charge in [0, 0.05) is 58.3 Å². The minimum atomic E-state index is 0.0117. The van der Waals surface area contributed by atoms with Gasteiger partial charge in [-0.1, -0.05) is 6.07 Å². The molecule has 0 radical (unpaired) electrons. The van der Waals surface area contributed by atoms with E-state index >= 15 is 0 Å². The van der Waals surface area contributed by atoms with Crippen LogP contribution in [0.4, 0.5) is 0 Å². The lowest BCUT2D eigenvalue weighted by molar-refractivity contribution is 0.0391. The number of aromatic nitrogens is 3. The Morgan fingerprint density at radius 3 is 2.69 bits per heavy atom. The minimum Gasteiger partial charge on any atom is -0.381 e. The Labute approximate surface area is 153 Å². The van der Waals surface area contributed by atoms with Crippen molar-refractivity contribution in [2.24, 2.45) is 5.92 Å². The molecule has 0 atom stereocenters. The van der Waals surface area contributed by atoms with Gasteiger partial charge in [0.2, 0.25) is 0 Å². The number of ether oxygens (including phenoxy) is 1. The van der Waals surface area contributed by atoms with Crippen molar-refractivity contribution in [3.63, 3.8) is 0 Å². The average molecular weight is 355 g/mol. The molecule has 1 amide bonds. The third-order valence-electron chi connectivity index (χ3n) is 5.24. The molecule has 0 bridgehead atoms. The van der Waals surface area contributed by atoms with Crippen molar-refractivity contribution in [2.45, 2.75) is 12.8 Å². The third-order valence-corrected chi connectivity index (χ3v) is 5.24. The van der Waals surface area contributed by atoms with Crippen LogP contribution in [0, 0.1) is 5.92 Å². The summed E-state index contributed by atoms with van der Waals surface area (Å²) in [5.74, 6) is 1.46. The highest BCUT2D eigenvalue weighted by Crippen LogP contribution is 2.17. The molecule has 2 aromatic rings. The molecule has 0 aromatic carbocycles. The van der Waals surface area contributed by atoms with Crippen LogP contribution in [0.1, 0.15) is 23.3 Å². The molecule has 0 N–H and O–H groups in total. The highest BCUT2D eigenvalue weighted by Gasteiger charge is 2.25. The van der Waals surface area contributed by atoms with Crippen LogP contribution in [0.2, 0.25) is 0 Å². The summed E-state index contributed by atoms with van der Waals surface area (Å²) in [5, 5.41) is 0. The molecule has 0 unspecified atom stereocenters. The molecule has 0 spiro atoms. The Morgan fingerprint density at radius 1 is 1.15 bits per heavy atom. The Bertz CT molecular complexity index is 719. The van der Waals surface area contributed by atoms with Crippen molar-refractivity contribution < 1.29 is 9.53 Å². The molecule has 4 rings (SSSR count). The van der Waals surface area contributed by atoms with Crippen LogP contribution in [0.15, 0.2) is 36.9 Å². The Morgan fingerprint density at radius 2 is 1.96 bits per heavy atom. The summed E-state index contributed by atoms with van der Waals surface area (Å²) in [7, 11) is 0. The molecule has 2 aliphatic rings. The number of nitrogens with zero attached hydrogens (tertiary/aromatic N) is 5. The fraction of sp³-hybridized carbons (Fsp3) is 0.526. The second kappa shape index (κ2) is 7.97. The number of pyridine rings is 1. The summed E-state index contributed by atoms with van der Waals surface area (Å²) < 4.78 is 7.25. The summed E-state index contributed by atoms with van der Waals surface area (Å²) in [4.78, 5) is 25.8. The second-order valence-electron chi connectivity index (χ2n) is 7.00. The smallest absolute Gasteiger partial charge is 0.272 e. The largest absolute Gasteiger partial charge is 0.381 e. The molecular formula is C19H25N5O2. The van der Waals surface area contributed by atoms with Gasteiger partial charge < -0.3 is 9.64 Å². The number of hydrogen-bond donors (Lipinski definition) is 0. The van der Waals surface area contributed by atoms with E-state index in [1.807, 2.05) is 27.8 Å². The lowest BCUT2D eigenvalue weighted by Crippen LogP contribution is -2.50. The molecule has 4 heterocycles. The lowest BCUT2D eigenvalue weighted by Gasteiger charge is -2.37. The maximum atomic E-state index is 12.8. The van der Waals surface area contributed by atoms with E-state index in [0.717, 1.165) is 64.7 Å². The maximum absolute atomic E-state index is 12.8. The van der Waals surface area contributed by atoms with Crippen LogP contribution in [0.25, 0.3) is 5.82 Å². The van der Waals surface area contributed by atoms with Crippen molar-refractivity contribution in [1.82, 2.24) is 24.3 Å². The zero-order valence-corrected chi connectivity index (χ0v) is 15.0. The van der Waals surface area contributed by atoms with Crippen molar-refractivity contribution in [3.05, 3.63) is 42.6 Å². The number of carbonyl (C=O) groups is 1. The highest BCUT2D eigenvalue weighted by atomic mass is 16.5. The second-order valence-corrected chi connectivity index (χ2v) is 7.00. The fourth-order valence-electron chi connectivity index (χ4n) is 3.67. The summed E-state index contributed by atoms with van der Waals surface area (Å²) in [5.41, 5.74) is 0.495. The topological polar surface area (TPSA) is 63.5 Å². The van der Waals surface area contributed by atoms with E-state index in [4.69, 9.17) is 4.74 Å². The summed E-state index contributed by atoms with van der Waals surface area (Å²) in [6.45, 7) is 6.30. The van der Waals surface area contributed by atoms with Gasteiger partial charge >= 0.3 is 0 Å². The number of hydrogen-bond acceptors (Lipinski definition) is 5. The van der Waals surface area contributed by atoms with Crippen molar-refractivity contribution in [1.29, 1.82) is 0 Å². The van der Waals surface area contributed by atoms with Crippen LogP contribution < -0.4 is 0 Å². The van der Waals surface area contributed by atoms with Crippen molar-refractivity contribution in [3.8, 4) is 5.82 Å². The zero-order valence-electron chi connectivity index (χ0n) is 15.0. The van der Waals surface area contributed by atoms with Gasteiger partial charge in [0.15, 0.2) is 0 Å². The maximum Gasteiger partial charge on any atom is 0.272 e. The predicted molar refractivity (Wildman–Crippen MR) is 97.2 cm³/mol. The summed E-state index contributed by atoms with van der Waals surface area (Å²) >= 11 is 0. The van der Waals surface area contributed by atoms with Gasteiger partial charge in [-0.3, -0.25) is 14.3 Å². The monoisotopic (exact) mass is 355 g/mol. The minimum absolute atomic E-state index is 0.0117. The van der Waals surface area contributed by atoms with E-state index in [9.17, 15) is 4.79 Å². The zero-order chi connectivity index (χ0) is 17.8. The first kappa shape index (κ1) is 17.2. The van der Waals surface area contributed by atoms with Gasteiger partial charge in [0.1, 0.15) is 17.8 Å². The van der Waals surface area contributed by atoms with E-state index in [1.54, 1.807) is 18.6 Å². The SMILES string of the molecule is O=C(c1cccc(-n2ccnc2)n1)N1CCN(CC2CCOCC2)CC1. The normalized spacial score (nSPS) is 19.6. The Balaban J connectivity index is 1.34. The molecule has 2 fully saturated rings. The first-order valence-electron chi connectivity index (χ1n) is 9.34. The molecule has 7 heteroatoms. The number of amides is 1. The molecular weight excluding hydrogens is 330 g/mol. The van der Waals surface area contributed by atoms with Crippen LogP contribution in [0.3, 0.4) is 0 Å². The highest BCUT2D eigenvalue weighted by molar-refractivity contribution is 5.92. The average Bonchev–Trinajstić information content (AvgIpc) is 3.24. The van der Waals surface area contributed by atoms with Crippen LogP contribution in [-0.2, 0) is 4.74 Å². The van der Waals surface area contributed by atoms with Gasteiger partial charge in [0.25, 0.3) is 5.91 Å². The van der Waals surface area contributed by atoms with Crippen molar-refractivity contribution in [2.75, 3.05) is 45.9 Å². The number of rotatable bonds is 4. The molecule has 2 aromatic heterocycles. The lowest BCUT2D eigenvalue weighted by atomic mass is 9.99. The van der Waals surface area contributed by atoms with E-state index in [0.29, 0.717) is 11.5 Å². The standard InChI is InChI=1S/C19H25N5O2/c25-19(17-2-1-3-18(21-17)24-7-6-20-15-24)23-10-8-22(9-11-23)14-16-4-12-26-13-5-16/h1-3,6-7,15-16H,4-5,8-14H2. The molecule has 0 saturated carbocycles. The van der Waals surface area contributed by atoms with E-state index < -0.39 is 0 Å². The first-order chi connectivity index (χ1) is 12.8. The van der Waals surface area contributed by atoms with Crippen molar-refractivity contribution >= 4 is 5.91 Å². The van der Waals surface area contributed by atoms with Crippen LogP contribution in [0.5, 0.6) is 0 Å². The van der Waals surface area contributed by atoms with Gasteiger partial charge in [-0.2, -0.15) is 0 Å². The third kappa shape index (κ3) is 3.94. The summed E-state index contributed by atoms with van der Waals surface area (Å²) in [6, 6.07) is 5.54. The van der Waals surface area contributed by atoms with Gasteiger partial charge in [-0.05, 0) is 30.9 Å². The summed E-state index contributed by atoms with van der Waals surface area (Å²) in [6.07, 6.45) is 7.53. The molecule has 2 saturated heterocycles. The van der Waals surface area contributed by atoms with Gasteiger partial charge in [-0.25, -0.2) is 9.97 Å². The number of imidazole rings is 1. The number of piperazine rings is 1. The molecule has 138 valence electrons. The van der Waals surface area contributed by atoms with E-state index in [2.05, 4.69) is 14.9 Å². The number of carbonyl (C=O) groups excluding carboxylic acids is 1. The Hall–Kier alpha value is -2.25. The van der Waals surface area contributed by atoms with E-state index in [-0.39, 0.29) is 5.91 Å². The fourth-order valence-corrected chi connectivity index (χ4v) is 3.67. The first-order valence-corrected chi connectivity index (χ1v) is 9.34.